The molecule has 25 heavy (non-hydrogen) atoms. The number of hydrogen-bond acceptors (Lipinski definition) is 2. The zero-order valence-electron chi connectivity index (χ0n) is 15.3. The Balaban J connectivity index is 1.49. The van der Waals surface area contributed by atoms with Gasteiger partial charge in [0.15, 0.2) is 0 Å². The summed E-state index contributed by atoms with van der Waals surface area (Å²) in [4.78, 5) is 15.0. The van der Waals surface area contributed by atoms with Gasteiger partial charge in [-0.05, 0) is 68.1 Å². The van der Waals surface area contributed by atoms with Crippen LogP contribution in [0.1, 0.15) is 36.5 Å². The highest BCUT2D eigenvalue weighted by Crippen LogP contribution is 2.22. The van der Waals surface area contributed by atoms with Crippen LogP contribution >= 0.6 is 0 Å². The Hall–Kier alpha value is -2.13. The van der Waals surface area contributed by atoms with E-state index < -0.39 is 0 Å². The van der Waals surface area contributed by atoms with Gasteiger partial charge in [-0.15, -0.1) is 0 Å². The van der Waals surface area contributed by atoms with E-state index in [1.54, 1.807) is 0 Å². The molecule has 1 aliphatic heterocycles. The van der Waals surface area contributed by atoms with Gasteiger partial charge in [0.2, 0.25) is 5.91 Å². The Labute approximate surface area is 151 Å². The SMILES string of the molecule is CCc1ccc(NC(=O)C2CCN(Cc3ccccc3C)CC2)cc1. The monoisotopic (exact) mass is 336 g/mol. The summed E-state index contributed by atoms with van der Waals surface area (Å²) >= 11 is 0. The summed E-state index contributed by atoms with van der Waals surface area (Å²) in [5.41, 5.74) is 4.94. The molecule has 132 valence electrons. The average Bonchev–Trinajstić information content (AvgIpc) is 2.65. The summed E-state index contributed by atoms with van der Waals surface area (Å²) in [6, 6.07) is 16.7. The van der Waals surface area contributed by atoms with Crippen LogP contribution in [0.3, 0.4) is 0 Å². The predicted octanol–water partition coefficient (Wildman–Crippen LogP) is 4.41. The van der Waals surface area contributed by atoms with E-state index in [1.165, 1.54) is 16.7 Å². The number of aryl methyl sites for hydroxylation is 2. The van der Waals surface area contributed by atoms with E-state index >= 15 is 0 Å². The Morgan fingerprint density at radius 1 is 1.08 bits per heavy atom. The third kappa shape index (κ3) is 4.70. The summed E-state index contributed by atoms with van der Waals surface area (Å²) in [5.74, 6) is 0.291. The largest absolute Gasteiger partial charge is 0.326 e. The van der Waals surface area contributed by atoms with Crippen molar-refractivity contribution in [1.29, 1.82) is 0 Å². The number of carbonyl (C=O) groups is 1. The van der Waals surface area contributed by atoms with E-state index in [0.717, 1.165) is 44.6 Å². The van der Waals surface area contributed by atoms with Crippen molar-refractivity contribution in [3.63, 3.8) is 0 Å². The molecular weight excluding hydrogens is 308 g/mol. The molecule has 3 heteroatoms. The molecule has 2 aromatic carbocycles. The highest BCUT2D eigenvalue weighted by atomic mass is 16.1. The van der Waals surface area contributed by atoms with Crippen LogP contribution in [0.4, 0.5) is 5.69 Å². The predicted molar refractivity (Wildman–Crippen MR) is 104 cm³/mol. The first-order valence-electron chi connectivity index (χ1n) is 9.32. The van der Waals surface area contributed by atoms with Gasteiger partial charge in [0.25, 0.3) is 0 Å². The van der Waals surface area contributed by atoms with Crippen molar-refractivity contribution in [2.75, 3.05) is 18.4 Å². The number of amides is 1. The van der Waals surface area contributed by atoms with Crippen LogP contribution in [-0.4, -0.2) is 23.9 Å². The van der Waals surface area contributed by atoms with Crippen LogP contribution in [0.25, 0.3) is 0 Å². The molecule has 3 nitrogen and oxygen atoms in total. The second-order valence-electron chi connectivity index (χ2n) is 7.02. The maximum Gasteiger partial charge on any atom is 0.227 e. The lowest BCUT2D eigenvalue weighted by Gasteiger charge is -2.31. The smallest absolute Gasteiger partial charge is 0.227 e. The number of nitrogens with zero attached hydrogens (tertiary/aromatic N) is 1. The second kappa shape index (κ2) is 8.30. The third-order valence-corrected chi connectivity index (χ3v) is 5.24. The molecule has 0 bridgehead atoms. The standard InChI is InChI=1S/C22H28N2O/c1-3-18-8-10-21(11-9-18)23-22(25)19-12-14-24(15-13-19)16-20-7-5-4-6-17(20)2/h4-11,19H,3,12-16H2,1-2H3,(H,23,25). The summed E-state index contributed by atoms with van der Waals surface area (Å²) in [7, 11) is 0. The highest BCUT2D eigenvalue weighted by molar-refractivity contribution is 5.92. The molecule has 1 amide bonds. The lowest BCUT2D eigenvalue weighted by molar-refractivity contribution is -0.121. The molecule has 0 unspecified atom stereocenters. The van der Waals surface area contributed by atoms with Crippen LogP contribution in [-0.2, 0) is 17.8 Å². The van der Waals surface area contributed by atoms with E-state index in [-0.39, 0.29) is 11.8 Å². The van der Waals surface area contributed by atoms with Crippen molar-refractivity contribution in [2.45, 2.75) is 39.7 Å². The minimum atomic E-state index is 0.124. The van der Waals surface area contributed by atoms with E-state index in [4.69, 9.17) is 0 Å². The Morgan fingerprint density at radius 3 is 2.40 bits per heavy atom. The lowest BCUT2D eigenvalue weighted by atomic mass is 9.95. The van der Waals surface area contributed by atoms with Gasteiger partial charge in [0.1, 0.15) is 0 Å². The molecule has 0 spiro atoms. The molecule has 1 fully saturated rings. The van der Waals surface area contributed by atoms with Crippen molar-refractivity contribution >= 4 is 11.6 Å². The quantitative estimate of drug-likeness (QED) is 0.877. The van der Waals surface area contributed by atoms with E-state index in [1.807, 2.05) is 12.1 Å². The van der Waals surface area contributed by atoms with Gasteiger partial charge in [-0.2, -0.15) is 0 Å². The van der Waals surface area contributed by atoms with Crippen molar-refractivity contribution in [1.82, 2.24) is 4.90 Å². The van der Waals surface area contributed by atoms with Crippen molar-refractivity contribution in [2.24, 2.45) is 5.92 Å². The van der Waals surface area contributed by atoms with Gasteiger partial charge in [0, 0.05) is 18.2 Å². The topological polar surface area (TPSA) is 32.3 Å². The van der Waals surface area contributed by atoms with Gasteiger partial charge in [-0.1, -0.05) is 43.3 Å². The van der Waals surface area contributed by atoms with Crippen LogP contribution in [0.2, 0.25) is 0 Å². The first kappa shape index (κ1) is 17.7. The summed E-state index contributed by atoms with van der Waals surface area (Å²) in [6.07, 6.45) is 2.89. The van der Waals surface area contributed by atoms with Crippen LogP contribution in [0.5, 0.6) is 0 Å². The lowest BCUT2D eigenvalue weighted by Crippen LogP contribution is -2.37. The van der Waals surface area contributed by atoms with E-state index in [0.29, 0.717) is 0 Å². The fraction of sp³-hybridized carbons (Fsp3) is 0.409. The van der Waals surface area contributed by atoms with E-state index in [2.05, 4.69) is 60.5 Å². The summed E-state index contributed by atoms with van der Waals surface area (Å²) in [5, 5.41) is 3.08. The Bertz CT molecular complexity index is 700. The number of carbonyl (C=O) groups excluding carboxylic acids is 1. The highest BCUT2D eigenvalue weighted by Gasteiger charge is 2.25. The zero-order valence-corrected chi connectivity index (χ0v) is 15.3. The number of rotatable bonds is 5. The van der Waals surface area contributed by atoms with Gasteiger partial charge >= 0.3 is 0 Å². The average molecular weight is 336 g/mol. The van der Waals surface area contributed by atoms with Gasteiger partial charge in [0.05, 0.1) is 0 Å². The molecule has 1 heterocycles. The van der Waals surface area contributed by atoms with Crippen LogP contribution < -0.4 is 5.32 Å². The summed E-state index contributed by atoms with van der Waals surface area (Å²) < 4.78 is 0. The fourth-order valence-electron chi connectivity index (χ4n) is 3.45. The normalized spacial score (nSPS) is 15.9. The molecule has 0 aliphatic carbocycles. The molecule has 1 aliphatic rings. The fourth-order valence-corrected chi connectivity index (χ4v) is 3.45. The Kier molecular flexibility index (Phi) is 5.87. The minimum absolute atomic E-state index is 0.124. The maximum absolute atomic E-state index is 12.5. The van der Waals surface area contributed by atoms with Crippen LogP contribution in [0, 0.1) is 12.8 Å². The molecule has 0 saturated carbocycles. The van der Waals surface area contributed by atoms with Gasteiger partial charge in [-0.3, -0.25) is 9.69 Å². The molecule has 1 saturated heterocycles. The molecule has 2 aromatic rings. The van der Waals surface area contributed by atoms with E-state index in [9.17, 15) is 4.79 Å². The Morgan fingerprint density at radius 2 is 1.76 bits per heavy atom. The number of piperidine rings is 1. The third-order valence-electron chi connectivity index (χ3n) is 5.24. The number of hydrogen-bond donors (Lipinski definition) is 1. The molecule has 0 radical (unpaired) electrons. The minimum Gasteiger partial charge on any atom is -0.326 e. The van der Waals surface area contributed by atoms with Gasteiger partial charge < -0.3 is 5.32 Å². The van der Waals surface area contributed by atoms with Crippen LogP contribution in [0.15, 0.2) is 48.5 Å². The molecule has 0 aromatic heterocycles. The van der Waals surface area contributed by atoms with Gasteiger partial charge in [-0.25, -0.2) is 0 Å². The molecule has 3 rings (SSSR count). The van der Waals surface area contributed by atoms with Crippen molar-refractivity contribution in [3.8, 4) is 0 Å². The number of benzene rings is 2. The molecular formula is C22H28N2O. The number of nitrogens with one attached hydrogen (secondary N) is 1. The second-order valence-corrected chi connectivity index (χ2v) is 7.02. The van der Waals surface area contributed by atoms with Crippen molar-refractivity contribution in [3.05, 3.63) is 65.2 Å². The number of likely N-dealkylation sites (tertiary alicyclic amines) is 1. The molecule has 0 atom stereocenters. The molecule has 1 N–H and O–H groups in total. The first-order valence-corrected chi connectivity index (χ1v) is 9.32. The first-order chi connectivity index (χ1) is 12.2. The number of anilines is 1. The maximum atomic E-state index is 12.5. The van der Waals surface area contributed by atoms with Crippen molar-refractivity contribution < 1.29 is 4.79 Å². The zero-order chi connectivity index (χ0) is 17.6. The summed E-state index contributed by atoms with van der Waals surface area (Å²) in [6.45, 7) is 7.26.